The highest BCUT2D eigenvalue weighted by atomic mass is 16.6. The average molecular weight is 209 g/mol. The lowest BCUT2D eigenvalue weighted by Crippen LogP contribution is -2.25. The Kier molecular flexibility index (Phi) is 2.97. The van der Waals surface area contributed by atoms with Gasteiger partial charge in [-0.3, -0.25) is 14.9 Å². The first-order valence-corrected chi connectivity index (χ1v) is 3.85. The highest BCUT2D eigenvalue weighted by molar-refractivity contribution is 5.90. The molecule has 2 N–H and O–H groups in total. The van der Waals surface area contributed by atoms with Crippen LogP contribution in [0.15, 0.2) is 24.5 Å². The fraction of sp³-hybridized carbons (Fsp3) is 0. The van der Waals surface area contributed by atoms with Crippen molar-refractivity contribution in [1.29, 1.82) is 0 Å². The summed E-state index contributed by atoms with van der Waals surface area (Å²) in [5, 5.41) is 21.4. The summed E-state index contributed by atoms with van der Waals surface area (Å²) in [4.78, 5) is 20.3. The fourth-order valence-electron chi connectivity index (χ4n) is 0.953. The number of nitrogens with two attached hydrogens (primary N) is 1. The lowest BCUT2D eigenvalue weighted by atomic mass is 10.2. The van der Waals surface area contributed by atoms with E-state index in [1.165, 1.54) is 0 Å². The van der Waals surface area contributed by atoms with E-state index >= 15 is 0 Å². The largest absolute Gasteiger partial charge is 0.619 e. The highest BCUT2D eigenvalue weighted by Gasteiger charge is 2.14. The summed E-state index contributed by atoms with van der Waals surface area (Å²) in [6.45, 7) is 0. The lowest BCUT2D eigenvalue weighted by Gasteiger charge is -1.97. The maximum absolute atomic E-state index is 10.9. The first-order valence-electron chi connectivity index (χ1n) is 3.85. The number of pyridine rings is 1. The summed E-state index contributed by atoms with van der Waals surface area (Å²) in [7, 11) is 0. The van der Waals surface area contributed by atoms with Gasteiger partial charge in [0.2, 0.25) is 5.91 Å². The minimum atomic E-state index is -0.745. The van der Waals surface area contributed by atoms with Crippen LogP contribution in [-0.2, 0) is 4.79 Å². The Morgan fingerprint density at radius 1 is 1.60 bits per heavy atom. The Morgan fingerprint density at radius 2 is 2.27 bits per heavy atom. The van der Waals surface area contributed by atoms with Crippen LogP contribution in [0.5, 0.6) is 0 Å². The summed E-state index contributed by atoms with van der Waals surface area (Å²) < 4.78 is 0.396. The molecule has 0 radical (unpaired) electrons. The Balaban J connectivity index is 3.18. The molecule has 1 aromatic rings. The number of hydrogen-bond donors (Lipinski definition) is 1. The Bertz CT molecular complexity index is 442. The molecular formula is C8H7N3O4. The SMILES string of the molecule is NC(=O)C=Cc1c[n+]([O-])ccc1[N+](=O)[O-]. The third-order valence-corrected chi connectivity index (χ3v) is 1.57. The van der Waals surface area contributed by atoms with E-state index < -0.39 is 10.8 Å². The Morgan fingerprint density at radius 3 is 2.80 bits per heavy atom. The lowest BCUT2D eigenvalue weighted by molar-refractivity contribution is -0.606. The van der Waals surface area contributed by atoms with Gasteiger partial charge in [0.25, 0.3) is 5.69 Å². The smallest absolute Gasteiger partial charge is 0.288 e. The average Bonchev–Trinajstić information content (AvgIpc) is 2.14. The van der Waals surface area contributed by atoms with Crippen molar-refractivity contribution in [2.45, 2.75) is 0 Å². The molecule has 7 heteroatoms. The van der Waals surface area contributed by atoms with Crippen molar-refractivity contribution >= 4 is 17.7 Å². The van der Waals surface area contributed by atoms with Crippen LogP contribution in [0.4, 0.5) is 5.69 Å². The molecule has 0 atom stereocenters. The molecule has 0 aliphatic rings. The van der Waals surface area contributed by atoms with Crippen molar-refractivity contribution in [3.63, 3.8) is 0 Å². The van der Waals surface area contributed by atoms with Crippen LogP contribution < -0.4 is 10.5 Å². The molecule has 1 heterocycles. The molecule has 15 heavy (non-hydrogen) atoms. The van der Waals surface area contributed by atoms with Gasteiger partial charge in [-0.05, 0) is 6.08 Å². The van der Waals surface area contributed by atoms with Gasteiger partial charge in [0.1, 0.15) is 5.56 Å². The molecule has 0 aliphatic heterocycles. The molecule has 78 valence electrons. The number of carbonyl (C=O) groups excluding carboxylic acids is 1. The molecule has 0 unspecified atom stereocenters. The number of rotatable bonds is 3. The standard InChI is InChI=1S/C8H7N3O4/c9-8(12)2-1-6-5-10(13)4-3-7(6)11(14)15/h1-5H,(H2,9,12). The van der Waals surface area contributed by atoms with Gasteiger partial charge >= 0.3 is 0 Å². The van der Waals surface area contributed by atoms with Crippen LogP contribution in [0.2, 0.25) is 0 Å². The van der Waals surface area contributed by atoms with Crippen LogP contribution in [0.25, 0.3) is 6.08 Å². The summed E-state index contributed by atoms with van der Waals surface area (Å²) in [6.07, 6.45) is 4.05. The molecule has 0 fully saturated rings. The van der Waals surface area contributed by atoms with E-state index in [4.69, 9.17) is 5.73 Å². The maximum atomic E-state index is 10.9. The molecule has 7 nitrogen and oxygen atoms in total. The van der Waals surface area contributed by atoms with Gasteiger partial charge < -0.3 is 10.9 Å². The van der Waals surface area contributed by atoms with E-state index in [9.17, 15) is 20.1 Å². The van der Waals surface area contributed by atoms with Crippen molar-refractivity contribution in [2.24, 2.45) is 5.73 Å². The Hall–Kier alpha value is -2.44. The predicted octanol–water partition coefficient (Wildman–Crippen LogP) is -0.273. The van der Waals surface area contributed by atoms with E-state index in [-0.39, 0.29) is 11.3 Å². The third kappa shape index (κ3) is 2.76. The minimum Gasteiger partial charge on any atom is -0.619 e. The van der Waals surface area contributed by atoms with Crippen molar-refractivity contribution in [2.75, 3.05) is 0 Å². The second-order valence-electron chi connectivity index (χ2n) is 2.64. The number of hydrogen-bond acceptors (Lipinski definition) is 4. The highest BCUT2D eigenvalue weighted by Crippen LogP contribution is 2.16. The van der Waals surface area contributed by atoms with Crippen LogP contribution >= 0.6 is 0 Å². The van der Waals surface area contributed by atoms with E-state index in [1.807, 2.05) is 0 Å². The fourth-order valence-corrected chi connectivity index (χ4v) is 0.953. The van der Waals surface area contributed by atoms with E-state index in [1.54, 1.807) is 0 Å². The molecule has 0 bridgehead atoms. The zero-order chi connectivity index (χ0) is 11.4. The molecule has 0 saturated carbocycles. The number of carbonyl (C=O) groups is 1. The molecule has 0 saturated heterocycles. The quantitative estimate of drug-likeness (QED) is 0.242. The van der Waals surface area contributed by atoms with Crippen LogP contribution in [-0.4, -0.2) is 10.8 Å². The number of nitro groups is 1. The molecule has 1 aromatic heterocycles. The number of nitrogens with zero attached hydrogens (tertiary/aromatic N) is 2. The summed E-state index contributed by atoms with van der Waals surface area (Å²) >= 11 is 0. The predicted molar refractivity (Wildman–Crippen MR) is 50.3 cm³/mol. The molecule has 0 aromatic carbocycles. The molecule has 0 spiro atoms. The summed E-state index contributed by atoms with van der Waals surface area (Å²) in [5.74, 6) is -0.745. The summed E-state index contributed by atoms with van der Waals surface area (Å²) in [6, 6.07) is 1.05. The maximum Gasteiger partial charge on any atom is 0.288 e. The van der Waals surface area contributed by atoms with E-state index in [0.717, 1.165) is 30.6 Å². The second kappa shape index (κ2) is 4.18. The monoisotopic (exact) mass is 209 g/mol. The number of aromatic nitrogens is 1. The number of amides is 1. The van der Waals surface area contributed by atoms with E-state index in [2.05, 4.69) is 0 Å². The zero-order valence-corrected chi connectivity index (χ0v) is 7.49. The van der Waals surface area contributed by atoms with Crippen LogP contribution in [0.3, 0.4) is 0 Å². The van der Waals surface area contributed by atoms with Crippen molar-refractivity contribution in [3.05, 3.63) is 45.4 Å². The molecule has 1 amide bonds. The Labute approximate surface area is 84.2 Å². The van der Waals surface area contributed by atoms with Crippen molar-refractivity contribution in [1.82, 2.24) is 0 Å². The molecule has 0 aliphatic carbocycles. The van der Waals surface area contributed by atoms with Crippen molar-refractivity contribution in [3.8, 4) is 0 Å². The summed E-state index contributed by atoms with van der Waals surface area (Å²) in [5.41, 5.74) is 4.58. The van der Waals surface area contributed by atoms with Crippen LogP contribution in [0.1, 0.15) is 5.56 Å². The second-order valence-corrected chi connectivity index (χ2v) is 2.64. The van der Waals surface area contributed by atoms with Crippen molar-refractivity contribution < 1.29 is 14.4 Å². The molecule has 1 rings (SSSR count). The van der Waals surface area contributed by atoms with Gasteiger partial charge in [-0.15, -0.1) is 0 Å². The van der Waals surface area contributed by atoms with Gasteiger partial charge in [-0.25, -0.2) is 0 Å². The van der Waals surface area contributed by atoms with Gasteiger partial charge in [-0.2, -0.15) is 4.73 Å². The first-order chi connectivity index (χ1) is 7.00. The number of primary amides is 1. The normalized spacial score (nSPS) is 10.4. The zero-order valence-electron chi connectivity index (χ0n) is 7.49. The van der Waals surface area contributed by atoms with Gasteiger partial charge in [0.15, 0.2) is 12.4 Å². The molecular weight excluding hydrogens is 202 g/mol. The third-order valence-electron chi connectivity index (χ3n) is 1.57. The van der Waals surface area contributed by atoms with Gasteiger partial charge in [-0.1, -0.05) is 0 Å². The topological polar surface area (TPSA) is 113 Å². The first kappa shape index (κ1) is 10.6. The minimum absolute atomic E-state index is 0.0244. The van der Waals surface area contributed by atoms with Gasteiger partial charge in [0.05, 0.1) is 11.0 Å². The van der Waals surface area contributed by atoms with Gasteiger partial charge in [0, 0.05) is 6.08 Å². The van der Waals surface area contributed by atoms with E-state index in [0.29, 0.717) is 4.73 Å². The van der Waals surface area contributed by atoms with Crippen LogP contribution in [0, 0.1) is 15.3 Å².